The molecule has 1 aromatic carbocycles. The van der Waals surface area contributed by atoms with Crippen LogP contribution in [0.2, 0.25) is 0 Å². The van der Waals surface area contributed by atoms with E-state index in [1.807, 2.05) is 12.1 Å². The monoisotopic (exact) mass is 463 g/mol. The van der Waals surface area contributed by atoms with E-state index in [0.29, 0.717) is 12.1 Å². The van der Waals surface area contributed by atoms with Gasteiger partial charge in [0.05, 0.1) is 12.7 Å². The highest BCUT2D eigenvalue weighted by Crippen LogP contribution is 2.05. The van der Waals surface area contributed by atoms with Gasteiger partial charge in [-0.15, -0.1) is 24.0 Å². The first-order valence-electron chi connectivity index (χ1n) is 8.40. The first-order chi connectivity index (χ1) is 11.7. The lowest BCUT2D eigenvalue weighted by molar-refractivity contribution is 0.0600. The van der Waals surface area contributed by atoms with Crippen LogP contribution in [0.15, 0.2) is 29.3 Å². The molecule has 0 saturated heterocycles. The molecular formula is C18H30IN3O3. The molecule has 1 rings (SSSR count). The van der Waals surface area contributed by atoms with Crippen molar-refractivity contribution in [1.29, 1.82) is 0 Å². The third kappa shape index (κ3) is 10.3. The highest BCUT2D eigenvalue weighted by molar-refractivity contribution is 14.0. The Morgan fingerprint density at radius 3 is 2.40 bits per heavy atom. The molecule has 7 heteroatoms. The molecule has 142 valence electrons. The molecule has 0 fully saturated rings. The zero-order valence-electron chi connectivity index (χ0n) is 15.3. The largest absolute Gasteiger partial charge is 0.465 e. The zero-order valence-corrected chi connectivity index (χ0v) is 17.7. The molecule has 0 saturated carbocycles. The number of methoxy groups -OCH3 is 1. The van der Waals surface area contributed by atoms with E-state index >= 15 is 0 Å². The maximum absolute atomic E-state index is 11.4. The number of nitrogens with one attached hydrogen (secondary N) is 2. The van der Waals surface area contributed by atoms with Crippen molar-refractivity contribution < 1.29 is 14.3 Å². The second kappa shape index (κ2) is 14.9. The molecule has 2 N–H and O–H groups in total. The number of hydrogen-bond donors (Lipinski definition) is 2. The molecule has 0 heterocycles. The lowest BCUT2D eigenvalue weighted by atomic mass is 10.1. The van der Waals surface area contributed by atoms with Gasteiger partial charge in [-0.3, -0.25) is 4.99 Å². The van der Waals surface area contributed by atoms with Gasteiger partial charge in [0.15, 0.2) is 5.96 Å². The van der Waals surface area contributed by atoms with E-state index in [9.17, 15) is 4.79 Å². The summed E-state index contributed by atoms with van der Waals surface area (Å²) in [6.45, 7) is 5.20. The van der Waals surface area contributed by atoms with Crippen molar-refractivity contribution in [2.75, 3.05) is 33.9 Å². The number of halogens is 1. The second-order valence-electron chi connectivity index (χ2n) is 5.36. The predicted molar refractivity (Wildman–Crippen MR) is 112 cm³/mol. The van der Waals surface area contributed by atoms with Crippen LogP contribution in [0.3, 0.4) is 0 Å². The van der Waals surface area contributed by atoms with Crippen LogP contribution in [-0.4, -0.2) is 45.8 Å². The van der Waals surface area contributed by atoms with E-state index in [1.165, 1.54) is 7.11 Å². The number of aliphatic imine (C=N–C) groups is 1. The molecule has 0 bridgehead atoms. The SMILES string of the molecule is CCCCOCCCNC(=NC)NCc1ccc(C(=O)OC)cc1.I. The summed E-state index contributed by atoms with van der Waals surface area (Å²) in [5.41, 5.74) is 1.61. The zero-order chi connectivity index (χ0) is 17.6. The molecule has 0 aromatic heterocycles. The van der Waals surface area contributed by atoms with Crippen molar-refractivity contribution in [3.63, 3.8) is 0 Å². The average Bonchev–Trinajstić information content (AvgIpc) is 2.63. The van der Waals surface area contributed by atoms with Crippen LogP contribution < -0.4 is 10.6 Å². The fraction of sp³-hybridized carbons (Fsp3) is 0.556. The minimum atomic E-state index is -0.326. The Balaban J connectivity index is 0.00000576. The normalized spacial score (nSPS) is 10.8. The summed E-state index contributed by atoms with van der Waals surface area (Å²) in [6.07, 6.45) is 3.22. The second-order valence-corrected chi connectivity index (χ2v) is 5.36. The van der Waals surface area contributed by atoms with Crippen molar-refractivity contribution in [1.82, 2.24) is 10.6 Å². The van der Waals surface area contributed by atoms with E-state index in [4.69, 9.17) is 4.74 Å². The topological polar surface area (TPSA) is 72.0 Å². The van der Waals surface area contributed by atoms with Crippen molar-refractivity contribution in [2.45, 2.75) is 32.7 Å². The molecule has 0 atom stereocenters. The highest BCUT2D eigenvalue weighted by Gasteiger charge is 2.04. The van der Waals surface area contributed by atoms with Crippen LogP contribution in [0.25, 0.3) is 0 Å². The Bertz CT molecular complexity index is 507. The fourth-order valence-corrected chi connectivity index (χ4v) is 2.01. The van der Waals surface area contributed by atoms with Gasteiger partial charge in [0, 0.05) is 33.4 Å². The molecule has 0 aliphatic rings. The van der Waals surface area contributed by atoms with Crippen molar-refractivity contribution >= 4 is 35.9 Å². The predicted octanol–water partition coefficient (Wildman–Crippen LogP) is 2.96. The number of hydrogen-bond acceptors (Lipinski definition) is 4. The van der Waals surface area contributed by atoms with Crippen molar-refractivity contribution in [3.8, 4) is 0 Å². The Morgan fingerprint density at radius 2 is 1.80 bits per heavy atom. The van der Waals surface area contributed by atoms with Crippen LogP contribution in [0.5, 0.6) is 0 Å². The maximum Gasteiger partial charge on any atom is 0.337 e. The van der Waals surface area contributed by atoms with Crippen LogP contribution in [0, 0.1) is 0 Å². The van der Waals surface area contributed by atoms with Gasteiger partial charge in [0.2, 0.25) is 0 Å². The van der Waals surface area contributed by atoms with Gasteiger partial charge in [-0.2, -0.15) is 0 Å². The van der Waals surface area contributed by atoms with E-state index in [-0.39, 0.29) is 29.9 Å². The number of carbonyl (C=O) groups is 1. The Labute approximate surface area is 167 Å². The molecule has 0 unspecified atom stereocenters. The number of carbonyl (C=O) groups excluding carboxylic acids is 1. The molecule has 0 spiro atoms. The molecule has 0 radical (unpaired) electrons. The van der Waals surface area contributed by atoms with E-state index < -0.39 is 0 Å². The number of unbranched alkanes of at least 4 members (excludes halogenated alkanes) is 1. The number of nitrogens with zero attached hydrogens (tertiary/aromatic N) is 1. The fourth-order valence-electron chi connectivity index (χ4n) is 2.01. The summed E-state index contributed by atoms with van der Waals surface area (Å²) in [6, 6.07) is 7.31. The number of rotatable bonds is 10. The summed E-state index contributed by atoms with van der Waals surface area (Å²) in [4.78, 5) is 15.6. The van der Waals surface area contributed by atoms with Crippen LogP contribution in [-0.2, 0) is 16.0 Å². The molecule has 1 aromatic rings. The highest BCUT2D eigenvalue weighted by atomic mass is 127. The molecule has 0 amide bonds. The van der Waals surface area contributed by atoms with Gasteiger partial charge < -0.3 is 20.1 Å². The van der Waals surface area contributed by atoms with E-state index in [1.54, 1.807) is 19.2 Å². The molecular weight excluding hydrogens is 433 g/mol. The quantitative estimate of drug-likeness (QED) is 0.184. The molecule has 0 aliphatic carbocycles. The maximum atomic E-state index is 11.4. The minimum Gasteiger partial charge on any atom is -0.465 e. The standard InChI is InChI=1S/C18H29N3O3.HI/c1-4-5-12-24-13-6-11-20-18(19-2)21-14-15-7-9-16(10-8-15)17(22)23-3;/h7-10H,4-6,11-14H2,1-3H3,(H2,19,20,21);1H. The molecule has 6 nitrogen and oxygen atoms in total. The van der Waals surface area contributed by atoms with E-state index in [2.05, 4.69) is 27.3 Å². The Hall–Kier alpha value is -1.35. The molecule has 25 heavy (non-hydrogen) atoms. The summed E-state index contributed by atoms with van der Waals surface area (Å²) >= 11 is 0. The number of esters is 1. The van der Waals surface area contributed by atoms with Crippen LogP contribution in [0.1, 0.15) is 42.1 Å². The average molecular weight is 463 g/mol. The van der Waals surface area contributed by atoms with Gasteiger partial charge in [-0.25, -0.2) is 4.79 Å². The first-order valence-corrected chi connectivity index (χ1v) is 8.40. The van der Waals surface area contributed by atoms with Crippen LogP contribution in [0.4, 0.5) is 0 Å². The Morgan fingerprint density at radius 1 is 1.12 bits per heavy atom. The van der Waals surface area contributed by atoms with Gasteiger partial charge >= 0.3 is 5.97 Å². The summed E-state index contributed by atoms with van der Waals surface area (Å²) in [7, 11) is 3.12. The summed E-state index contributed by atoms with van der Waals surface area (Å²) in [5.74, 6) is 0.425. The number of guanidine groups is 1. The van der Waals surface area contributed by atoms with Gasteiger partial charge in [0.1, 0.15) is 0 Å². The lowest BCUT2D eigenvalue weighted by Crippen LogP contribution is -2.37. The number of benzene rings is 1. The third-order valence-electron chi connectivity index (χ3n) is 3.46. The van der Waals surface area contributed by atoms with E-state index in [0.717, 1.165) is 50.5 Å². The molecule has 0 aliphatic heterocycles. The van der Waals surface area contributed by atoms with Crippen molar-refractivity contribution in [3.05, 3.63) is 35.4 Å². The summed E-state index contributed by atoms with van der Waals surface area (Å²) in [5, 5.41) is 6.50. The Kier molecular flexibility index (Phi) is 14.1. The van der Waals surface area contributed by atoms with Gasteiger partial charge in [0.25, 0.3) is 0 Å². The third-order valence-corrected chi connectivity index (χ3v) is 3.46. The van der Waals surface area contributed by atoms with Gasteiger partial charge in [-0.05, 0) is 30.5 Å². The van der Waals surface area contributed by atoms with Crippen molar-refractivity contribution in [2.24, 2.45) is 4.99 Å². The van der Waals surface area contributed by atoms with Gasteiger partial charge in [-0.1, -0.05) is 25.5 Å². The summed E-state index contributed by atoms with van der Waals surface area (Å²) < 4.78 is 10.2. The minimum absolute atomic E-state index is 0. The number of ether oxygens (including phenoxy) is 2. The lowest BCUT2D eigenvalue weighted by Gasteiger charge is -2.12. The first kappa shape index (κ1) is 23.6. The van der Waals surface area contributed by atoms with Crippen LogP contribution >= 0.6 is 24.0 Å². The smallest absolute Gasteiger partial charge is 0.337 e.